The summed E-state index contributed by atoms with van der Waals surface area (Å²) in [6.45, 7) is 0.181. The van der Waals surface area contributed by atoms with Gasteiger partial charge < -0.3 is 10.5 Å². The Morgan fingerprint density at radius 3 is 2.72 bits per heavy atom. The predicted octanol–water partition coefficient (Wildman–Crippen LogP) is 0.102. The molecular weight excluding hydrogens is 262 g/mol. The second-order valence-electron chi connectivity index (χ2n) is 3.34. The highest BCUT2D eigenvalue weighted by atomic mass is 32.2. The number of benzene rings is 1. The van der Waals surface area contributed by atoms with Gasteiger partial charge in [0, 0.05) is 13.7 Å². The molecule has 0 unspecified atom stereocenters. The normalized spacial score (nSPS) is 11.4. The number of para-hydroxylation sites is 1. The standard InChI is InChI=1S/C9H13N3O5S/c1-17-6-5-11-18(15,16)8-4-2-3-7(10)9(8)12(13)14/h2-4,11H,5-6,10H2,1H3. The van der Waals surface area contributed by atoms with Crippen LogP contribution in [0.25, 0.3) is 0 Å². The van der Waals surface area contributed by atoms with Crippen molar-refractivity contribution in [3.63, 3.8) is 0 Å². The molecule has 0 atom stereocenters. The number of nitro benzene ring substituents is 1. The van der Waals surface area contributed by atoms with Gasteiger partial charge in [0.05, 0.1) is 11.5 Å². The lowest BCUT2D eigenvalue weighted by atomic mass is 10.3. The first-order valence-electron chi connectivity index (χ1n) is 4.91. The van der Waals surface area contributed by atoms with E-state index in [4.69, 9.17) is 5.73 Å². The lowest BCUT2D eigenvalue weighted by Crippen LogP contribution is -2.28. The van der Waals surface area contributed by atoms with Gasteiger partial charge in [-0.2, -0.15) is 0 Å². The number of nitrogens with one attached hydrogen (secondary N) is 1. The quantitative estimate of drug-likeness (QED) is 0.328. The minimum absolute atomic E-state index is 0.0186. The maximum Gasteiger partial charge on any atom is 0.312 e. The number of nitrogens with zero attached hydrogens (tertiary/aromatic N) is 1. The van der Waals surface area contributed by atoms with E-state index in [0.717, 1.165) is 6.07 Å². The van der Waals surface area contributed by atoms with E-state index in [9.17, 15) is 18.5 Å². The molecule has 3 N–H and O–H groups in total. The van der Waals surface area contributed by atoms with Crippen molar-refractivity contribution in [2.45, 2.75) is 4.90 Å². The largest absolute Gasteiger partial charge is 0.393 e. The number of ether oxygens (including phenoxy) is 1. The van der Waals surface area contributed by atoms with Crippen molar-refractivity contribution in [1.82, 2.24) is 4.72 Å². The zero-order chi connectivity index (χ0) is 13.8. The van der Waals surface area contributed by atoms with Gasteiger partial charge in [-0.15, -0.1) is 0 Å². The Balaban J connectivity index is 3.16. The lowest BCUT2D eigenvalue weighted by molar-refractivity contribution is -0.386. The summed E-state index contributed by atoms with van der Waals surface area (Å²) in [5.74, 6) is 0. The Morgan fingerprint density at radius 1 is 1.50 bits per heavy atom. The number of hydrogen-bond donors (Lipinski definition) is 2. The molecule has 9 heteroatoms. The van der Waals surface area contributed by atoms with E-state index in [-0.39, 0.29) is 18.8 Å². The molecule has 0 saturated heterocycles. The summed E-state index contributed by atoms with van der Waals surface area (Å²) in [6, 6.07) is 3.74. The predicted molar refractivity (Wildman–Crippen MR) is 64.6 cm³/mol. The zero-order valence-corrected chi connectivity index (χ0v) is 10.4. The van der Waals surface area contributed by atoms with Crippen LogP contribution in [0.5, 0.6) is 0 Å². The molecule has 8 nitrogen and oxygen atoms in total. The average molecular weight is 275 g/mol. The number of sulfonamides is 1. The first-order valence-corrected chi connectivity index (χ1v) is 6.40. The summed E-state index contributed by atoms with van der Waals surface area (Å²) in [4.78, 5) is 9.55. The molecule has 1 aromatic rings. The van der Waals surface area contributed by atoms with Crippen LogP contribution < -0.4 is 10.5 Å². The van der Waals surface area contributed by atoms with Gasteiger partial charge in [-0.05, 0) is 12.1 Å². The van der Waals surface area contributed by atoms with Gasteiger partial charge in [0.2, 0.25) is 10.0 Å². The highest BCUT2D eigenvalue weighted by Gasteiger charge is 2.27. The summed E-state index contributed by atoms with van der Waals surface area (Å²) in [6.07, 6.45) is 0. The van der Waals surface area contributed by atoms with E-state index in [2.05, 4.69) is 9.46 Å². The van der Waals surface area contributed by atoms with Gasteiger partial charge >= 0.3 is 5.69 Å². The van der Waals surface area contributed by atoms with Crippen LogP contribution in [0.4, 0.5) is 11.4 Å². The third-order valence-electron chi connectivity index (χ3n) is 2.10. The molecule has 1 aromatic carbocycles. The molecule has 0 aliphatic carbocycles. The maximum absolute atomic E-state index is 11.9. The van der Waals surface area contributed by atoms with E-state index in [1.54, 1.807) is 0 Å². The first-order chi connectivity index (χ1) is 8.40. The van der Waals surface area contributed by atoms with Gasteiger partial charge in [0.25, 0.3) is 0 Å². The van der Waals surface area contributed by atoms with Crippen LogP contribution >= 0.6 is 0 Å². The second-order valence-corrected chi connectivity index (χ2v) is 5.08. The van der Waals surface area contributed by atoms with Crippen LogP contribution in [0.15, 0.2) is 23.1 Å². The molecule has 0 aromatic heterocycles. The number of nitro groups is 1. The summed E-state index contributed by atoms with van der Waals surface area (Å²) < 4.78 is 30.6. The van der Waals surface area contributed by atoms with Crippen LogP contribution in [-0.4, -0.2) is 33.6 Å². The van der Waals surface area contributed by atoms with Crippen molar-refractivity contribution in [2.24, 2.45) is 0 Å². The molecule has 0 radical (unpaired) electrons. The molecular formula is C9H13N3O5S. The highest BCUT2D eigenvalue weighted by Crippen LogP contribution is 2.29. The molecule has 0 amide bonds. The van der Waals surface area contributed by atoms with E-state index in [0.29, 0.717) is 0 Å². The second kappa shape index (κ2) is 5.76. The van der Waals surface area contributed by atoms with Gasteiger partial charge in [-0.1, -0.05) is 6.07 Å². The number of rotatable bonds is 6. The number of nitrogens with two attached hydrogens (primary N) is 1. The van der Waals surface area contributed by atoms with Crippen LogP contribution in [0.1, 0.15) is 0 Å². The van der Waals surface area contributed by atoms with Crippen molar-refractivity contribution in [1.29, 1.82) is 0 Å². The average Bonchev–Trinajstić information content (AvgIpc) is 2.28. The molecule has 0 heterocycles. The number of anilines is 1. The number of methoxy groups -OCH3 is 1. The fourth-order valence-electron chi connectivity index (χ4n) is 1.31. The Bertz CT molecular complexity index is 543. The van der Waals surface area contributed by atoms with Gasteiger partial charge in [0.15, 0.2) is 4.90 Å². The SMILES string of the molecule is COCCNS(=O)(=O)c1cccc(N)c1[N+](=O)[O-]. The smallest absolute Gasteiger partial charge is 0.312 e. The first kappa shape index (κ1) is 14.4. The molecule has 1 rings (SSSR count). The van der Waals surface area contributed by atoms with E-state index < -0.39 is 25.5 Å². The summed E-state index contributed by atoms with van der Waals surface area (Å²) in [5.41, 5.74) is 4.59. The fourth-order valence-corrected chi connectivity index (χ4v) is 2.52. The van der Waals surface area contributed by atoms with Crippen molar-refractivity contribution in [3.05, 3.63) is 28.3 Å². The molecule has 0 spiro atoms. The monoisotopic (exact) mass is 275 g/mol. The summed E-state index contributed by atoms with van der Waals surface area (Å²) >= 11 is 0. The minimum Gasteiger partial charge on any atom is -0.393 e. The Kier molecular flexibility index (Phi) is 4.59. The molecule has 0 saturated carbocycles. The lowest BCUT2D eigenvalue weighted by Gasteiger charge is -2.07. The Morgan fingerprint density at radius 2 is 2.17 bits per heavy atom. The van der Waals surface area contributed by atoms with Crippen LogP contribution in [0.3, 0.4) is 0 Å². The zero-order valence-electron chi connectivity index (χ0n) is 9.62. The van der Waals surface area contributed by atoms with Crippen molar-refractivity contribution < 1.29 is 18.1 Å². The fraction of sp³-hybridized carbons (Fsp3) is 0.333. The van der Waals surface area contributed by atoms with Crippen LogP contribution in [0, 0.1) is 10.1 Å². The Hall–Kier alpha value is -1.71. The minimum atomic E-state index is -3.98. The molecule has 0 fully saturated rings. The topological polar surface area (TPSA) is 125 Å². The molecule has 100 valence electrons. The van der Waals surface area contributed by atoms with E-state index >= 15 is 0 Å². The van der Waals surface area contributed by atoms with E-state index in [1.165, 1.54) is 19.2 Å². The number of nitrogen functional groups attached to an aromatic ring is 1. The molecule has 0 bridgehead atoms. The third-order valence-corrected chi connectivity index (χ3v) is 3.59. The molecule has 0 aliphatic rings. The summed E-state index contributed by atoms with van der Waals surface area (Å²) in [5, 5.41) is 10.8. The van der Waals surface area contributed by atoms with E-state index in [1.807, 2.05) is 0 Å². The third kappa shape index (κ3) is 3.15. The molecule has 18 heavy (non-hydrogen) atoms. The summed E-state index contributed by atoms with van der Waals surface area (Å²) in [7, 11) is -2.57. The molecule has 0 aliphatic heterocycles. The highest BCUT2D eigenvalue weighted by molar-refractivity contribution is 7.89. The van der Waals surface area contributed by atoms with Crippen molar-refractivity contribution in [2.75, 3.05) is 26.0 Å². The van der Waals surface area contributed by atoms with Gasteiger partial charge in [-0.25, -0.2) is 13.1 Å². The maximum atomic E-state index is 11.9. The van der Waals surface area contributed by atoms with Gasteiger partial charge in [0.1, 0.15) is 5.69 Å². The number of hydrogen-bond acceptors (Lipinski definition) is 6. The van der Waals surface area contributed by atoms with Crippen LogP contribution in [-0.2, 0) is 14.8 Å². The van der Waals surface area contributed by atoms with Gasteiger partial charge in [-0.3, -0.25) is 10.1 Å². The Labute approximate surface area is 104 Å². The van der Waals surface area contributed by atoms with Crippen molar-refractivity contribution >= 4 is 21.4 Å². The van der Waals surface area contributed by atoms with Crippen LogP contribution in [0.2, 0.25) is 0 Å². The van der Waals surface area contributed by atoms with Crippen molar-refractivity contribution in [3.8, 4) is 0 Å².